The van der Waals surface area contributed by atoms with E-state index in [1.165, 1.54) is 11.3 Å². The number of ether oxygens (including phenoxy) is 1. The van der Waals surface area contributed by atoms with E-state index in [0.717, 1.165) is 21.5 Å². The third-order valence-electron chi connectivity index (χ3n) is 4.52. The van der Waals surface area contributed by atoms with Crippen LogP contribution in [0.25, 0.3) is 10.2 Å². The number of anilines is 2. The summed E-state index contributed by atoms with van der Waals surface area (Å²) in [5, 5.41) is 4.16. The number of nitrogens with zero attached hydrogens (tertiary/aromatic N) is 1. The van der Waals surface area contributed by atoms with Gasteiger partial charge in [-0.25, -0.2) is 4.79 Å². The van der Waals surface area contributed by atoms with E-state index in [-0.39, 0.29) is 12.2 Å². The molecule has 6 heteroatoms. The van der Waals surface area contributed by atoms with E-state index >= 15 is 0 Å². The van der Waals surface area contributed by atoms with Crippen molar-refractivity contribution in [1.29, 1.82) is 0 Å². The molecule has 0 atom stereocenters. The maximum atomic E-state index is 12.6. The van der Waals surface area contributed by atoms with Gasteiger partial charge in [-0.15, -0.1) is 11.3 Å². The summed E-state index contributed by atoms with van der Waals surface area (Å²) < 4.78 is 6.97. The van der Waals surface area contributed by atoms with Crippen LogP contribution in [-0.2, 0) is 11.3 Å². The van der Waals surface area contributed by atoms with Gasteiger partial charge in [0, 0.05) is 17.1 Å². The average molecular weight is 404 g/mol. The first-order chi connectivity index (χ1) is 14.2. The third-order valence-corrected chi connectivity index (χ3v) is 5.73. The van der Waals surface area contributed by atoms with E-state index < -0.39 is 5.97 Å². The molecule has 0 saturated heterocycles. The maximum absolute atomic E-state index is 12.6. The minimum absolute atomic E-state index is 0.107. The maximum Gasteiger partial charge on any atom is 0.350 e. The Morgan fingerprint density at radius 3 is 2.38 bits per heavy atom. The second kappa shape index (κ2) is 8.32. The van der Waals surface area contributed by atoms with Crippen LogP contribution in [0.5, 0.6) is 0 Å². The number of nitrogens with one attached hydrogen (secondary N) is 1. The lowest BCUT2D eigenvalue weighted by atomic mass is 10.2. The highest BCUT2D eigenvalue weighted by atomic mass is 32.1. The predicted molar refractivity (Wildman–Crippen MR) is 117 cm³/mol. The molecule has 4 rings (SSSR count). The van der Waals surface area contributed by atoms with E-state index in [1.54, 1.807) is 23.6 Å². The minimum Gasteiger partial charge on any atom is -0.462 e. The molecule has 0 aliphatic rings. The number of rotatable bonds is 6. The molecule has 146 valence electrons. The van der Waals surface area contributed by atoms with E-state index in [9.17, 15) is 9.59 Å². The summed E-state index contributed by atoms with van der Waals surface area (Å²) >= 11 is 1.28. The molecule has 0 aliphatic heterocycles. The Morgan fingerprint density at radius 1 is 1.00 bits per heavy atom. The summed E-state index contributed by atoms with van der Waals surface area (Å²) in [5.74, 6) is -0.397. The Balaban J connectivity index is 1.88. The summed E-state index contributed by atoms with van der Waals surface area (Å²) in [6.07, 6.45) is 0. The first-order valence-electron chi connectivity index (χ1n) is 9.37. The van der Waals surface area contributed by atoms with Crippen molar-refractivity contribution in [3.05, 3.63) is 93.6 Å². The fourth-order valence-corrected chi connectivity index (χ4v) is 4.32. The summed E-state index contributed by atoms with van der Waals surface area (Å²) in [5.41, 5.74) is 2.44. The molecule has 2 aromatic carbocycles. The number of carbonyl (C=O) groups excluding carboxylic acids is 1. The number of carbonyl (C=O) groups is 1. The molecule has 2 heterocycles. The topological polar surface area (TPSA) is 60.3 Å². The molecule has 1 N–H and O–H groups in total. The molecule has 29 heavy (non-hydrogen) atoms. The van der Waals surface area contributed by atoms with Gasteiger partial charge in [0.2, 0.25) is 0 Å². The highest BCUT2D eigenvalue weighted by Crippen LogP contribution is 2.37. The molecule has 0 saturated carbocycles. The zero-order valence-electron chi connectivity index (χ0n) is 15.9. The van der Waals surface area contributed by atoms with E-state index in [1.807, 2.05) is 60.7 Å². The Hall–Kier alpha value is -3.38. The van der Waals surface area contributed by atoms with Gasteiger partial charge in [0.25, 0.3) is 5.56 Å². The highest BCUT2D eigenvalue weighted by molar-refractivity contribution is 7.21. The molecule has 0 bridgehead atoms. The summed E-state index contributed by atoms with van der Waals surface area (Å²) in [6, 6.07) is 22.7. The zero-order chi connectivity index (χ0) is 20.2. The molecule has 0 amide bonds. The smallest absolute Gasteiger partial charge is 0.350 e. The number of thiophene rings is 1. The standard InChI is InChI=1S/C23H20N2O3S/c1-2-28-23(27)21-20(24-17-11-7-4-8-12-17)18-13-14-19(26)25(22(18)29-21)15-16-9-5-3-6-10-16/h3-14,24H,2,15H2,1H3. The van der Waals surface area contributed by atoms with Gasteiger partial charge >= 0.3 is 5.97 Å². The lowest BCUT2D eigenvalue weighted by Crippen LogP contribution is -2.19. The second-order valence-electron chi connectivity index (χ2n) is 6.48. The fraction of sp³-hybridized carbons (Fsp3) is 0.130. The molecule has 0 unspecified atom stereocenters. The van der Waals surface area contributed by atoms with Crippen molar-refractivity contribution in [2.75, 3.05) is 11.9 Å². The molecule has 0 aliphatic carbocycles. The van der Waals surface area contributed by atoms with Crippen molar-refractivity contribution in [1.82, 2.24) is 4.57 Å². The van der Waals surface area contributed by atoms with Crippen molar-refractivity contribution in [2.24, 2.45) is 0 Å². The zero-order valence-corrected chi connectivity index (χ0v) is 16.7. The van der Waals surface area contributed by atoms with Crippen molar-refractivity contribution in [3.8, 4) is 0 Å². The van der Waals surface area contributed by atoms with Crippen LogP contribution >= 0.6 is 11.3 Å². The van der Waals surface area contributed by atoms with Crippen LogP contribution in [0.2, 0.25) is 0 Å². The number of para-hydroxylation sites is 1. The van der Waals surface area contributed by atoms with Crippen molar-refractivity contribution >= 4 is 38.9 Å². The lowest BCUT2D eigenvalue weighted by molar-refractivity contribution is 0.0533. The quantitative estimate of drug-likeness (QED) is 0.458. The van der Waals surface area contributed by atoms with Gasteiger partial charge in [0.1, 0.15) is 9.71 Å². The number of fused-ring (bicyclic) bond motifs is 1. The monoisotopic (exact) mass is 404 g/mol. The predicted octanol–water partition coefficient (Wildman–Crippen LogP) is 5.03. The van der Waals surface area contributed by atoms with Gasteiger partial charge in [-0.3, -0.25) is 9.36 Å². The Bertz CT molecular complexity index is 1200. The number of pyridine rings is 1. The molecule has 0 spiro atoms. The Kier molecular flexibility index (Phi) is 5.44. The normalized spacial score (nSPS) is 10.8. The molecule has 5 nitrogen and oxygen atoms in total. The molecule has 4 aromatic rings. The molecule has 0 radical (unpaired) electrons. The fourth-order valence-electron chi connectivity index (χ4n) is 3.18. The van der Waals surface area contributed by atoms with Gasteiger partial charge in [-0.2, -0.15) is 0 Å². The number of esters is 1. The highest BCUT2D eigenvalue weighted by Gasteiger charge is 2.22. The van der Waals surface area contributed by atoms with Crippen LogP contribution in [0.3, 0.4) is 0 Å². The number of benzene rings is 2. The van der Waals surface area contributed by atoms with Gasteiger partial charge in [0.15, 0.2) is 0 Å². The van der Waals surface area contributed by atoms with Crippen LogP contribution in [0.4, 0.5) is 11.4 Å². The van der Waals surface area contributed by atoms with E-state index in [2.05, 4.69) is 5.32 Å². The molecule has 0 fully saturated rings. The first-order valence-corrected chi connectivity index (χ1v) is 10.2. The van der Waals surface area contributed by atoms with Gasteiger partial charge < -0.3 is 10.1 Å². The Labute approximate surface area is 172 Å². The van der Waals surface area contributed by atoms with Crippen molar-refractivity contribution < 1.29 is 9.53 Å². The van der Waals surface area contributed by atoms with Gasteiger partial charge in [-0.1, -0.05) is 48.5 Å². The molecular weight excluding hydrogens is 384 g/mol. The van der Waals surface area contributed by atoms with Crippen LogP contribution in [0.1, 0.15) is 22.2 Å². The summed E-state index contributed by atoms with van der Waals surface area (Å²) in [7, 11) is 0. The lowest BCUT2D eigenvalue weighted by Gasteiger charge is -2.09. The average Bonchev–Trinajstić information content (AvgIpc) is 3.10. The van der Waals surface area contributed by atoms with Crippen LogP contribution in [-0.4, -0.2) is 17.1 Å². The Morgan fingerprint density at radius 2 is 1.69 bits per heavy atom. The van der Waals surface area contributed by atoms with Crippen LogP contribution < -0.4 is 10.9 Å². The minimum atomic E-state index is -0.397. The van der Waals surface area contributed by atoms with Gasteiger partial charge in [0.05, 0.1) is 18.8 Å². The summed E-state index contributed by atoms with van der Waals surface area (Å²) in [4.78, 5) is 26.5. The number of aromatic nitrogens is 1. The van der Waals surface area contributed by atoms with Crippen molar-refractivity contribution in [2.45, 2.75) is 13.5 Å². The van der Waals surface area contributed by atoms with Crippen LogP contribution in [0.15, 0.2) is 77.6 Å². The third kappa shape index (κ3) is 3.93. The first kappa shape index (κ1) is 19.0. The second-order valence-corrected chi connectivity index (χ2v) is 7.48. The number of hydrogen-bond acceptors (Lipinski definition) is 5. The molecular formula is C23H20N2O3S. The number of hydrogen-bond donors (Lipinski definition) is 1. The summed E-state index contributed by atoms with van der Waals surface area (Å²) in [6.45, 7) is 2.50. The largest absolute Gasteiger partial charge is 0.462 e. The molecule has 2 aromatic heterocycles. The van der Waals surface area contributed by atoms with E-state index in [4.69, 9.17) is 4.74 Å². The van der Waals surface area contributed by atoms with Gasteiger partial charge in [-0.05, 0) is 30.7 Å². The SMILES string of the molecule is CCOC(=O)c1sc2c(ccc(=O)n2Cc2ccccc2)c1Nc1ccccc1. The van der Waals surface area contributed by atoms with E-state index in [0.29, 0.717) is 17.1 Å². The van der Waals surface area contributed by atoms with Crippen molar-refractivity contribution in [3.63, 3.8) is 0 Å². The van der Waals surface area contributed by atoms with Crippen LogP contribution in [0, 0.1) is 0 Å².